The summed E-state index contributed by atoms with van der Waals surface area (Å²) in [4.78, 5) is 19.4. The number of Topliss-reactive ketones (excluding diaryl/α,β-unsaturated/α-hetero) is 1. The summed E-state index contributed by atoms with van der Waals surface area (Å²) in [5.74, 6) is 0.00926. The van der Waals surface area contributed by atoms with Crippen LogP contribution in [0.15, 0.2) is 0 Å². The molecule has 0 aromatic heterocycles. The quantitative estimate of drug-likeness (QED) is 0.325. The summed E-state index contributed by atoms with van der Waals surface area (Å²) in [7, 11) is 4.63. The third kappa shape index (κ3) is 3330. The normalized spacial score (nSPS) is 7.03. The van der Waals surface area contributed by atoms with Gasteiger partial charge in [0.2, 0.25) is 0 Å². The Balaban J connectivity index is -0.0000000208. The van der Waals surface area contributed by atoms with Gasteiger partial charge in [0.25, 0.3) is 0 Å². The number of hydrogen-bond acceptors (Lipinski definition) is 4. The first kappa shape index (κ1) is 70.0. The van der Waals surface area contributed by atoms with Crippen molar-refractivity contribution < 1.29 is 19.1 Å². The molecule has 0 aliphatic carbocycles. The molecular formula is C31H80O4. The van der Waals surface area contributed by atoms with Crippen LogP contribution in [0.4, 0.5) is 0 Å². The van der Waals surface area contributed by atoms with Crippen LogP contribution in [-0.4, -0.2) is 33.1 Å². The highest BCUT2D eigenvalue weighted by atomic mass is 16.5. The smallest absolute Gasteiger partial charge is 0.305 e. The van der Waals surface area contributed by atoms with Crippen LogP contribution in [0.5, 0.6) is 0 Å². The van der Waals surface area contributed by atoms with Crippen LogP contribution in [0.3, 0.4) is 0 Å². The van der Waals surface area contributed by atoms with Crippen LogP contribution < -0.4 is 0 Å². The van der Waals surface area contributed by atoms with Gasteiger partial charge in [-0.05, 0) is 24.7 Å². The number of hydrogen-bond donors (Lipinski definition) is 0. The first-order valence-electron chi connectivity index (χ1n) is 13.9. The van der Waals surface area contributed by atoms with Gasteiger partial charge in [-0.25, -0.2) is 0 Å². The molecule has 0 rings (SSSR count). The van der Waals surface area contributed by atoms with Gasteiger partial charge < -0.3 is 14.3 Å². The van der Waals surface area contributed by atoms with E-state index in [0.717, 1.165) is 0 Å². The maximum Gasteiger partial charge on any atom is 0.305 e. The largest absolute Gasteiger partial charge is 0.469 e. The lowest BCUT2D eigenvalue weighted by Crippen LogP contribution is -1.94. The minimum absolute atomic E-state index is 0.157. The molecular weight excluding hydrogens is 436 g/mol. The van der Waals surface area contributed by atoms with Gasteiger partial charge in [-0.2, -0.15) is 0 Å². The Bertz CT molecular complexity index is 214. The van der Waals surface area contributed by atoms with Gasteiger partial charge in [-0.15, -0.1) is 0 Å². The molecule has 228 valence electrons. The molecule has 0 radical (unpaired) electrons. The molecule has 0 spiro atoms. The van der Waals surface area contributed by atoms with E-state index >= 15 is 0 Å². The Morgan fingerprint density at radius 1 is 0.514 bits per heavy atom. The first-order chi connectivity index (χ1) is 16.0. The number of carbonyl (C=O) groups is 2. The van der Waals surface area contributed by atoms with E-state index < -0.39 is 0 Å². The van der Waals surface area contributed by atoms with E-state index in [2.05, 4.69) is 64.9 Å². The van der Waals surface area contributed by atoms with Crippen molar-refractivity contribution in [2.24, 2.45) is 10.8 Å². The van der Waals surface area contributed by atoms with Crippen molar-refractivity contribution in [3.63, 3.8) is 0 Å². The second-order valence-corrected chi connectivity index (χ2v) is 8.25. The zero-order chi connectivity index (χ0) is 32.3. The molecule has 0 aliphatic heterocycles. The average Bonchev–Trinajstić information content (AvgIpc) is 2.79. The van der Waals surface area contributed by atoms with Crippen molar-refractivity contribution in [3.05, 3.63) is 0 Å². The highest BCUT2D eigenvalue weighted by Crippen LogP contribution is 2.08. The monoisotopic (exact) mass is 517 g/mol. The summed E-state index contributed by atoms with van der Waals surface area (Å²) in [5, 5.41) is 0. The third-order valence-electron chi connectivity index (χ3n) is 0.516. The fourth-order valence-corrected chi connectivity index (χ4v) is 0.144. The van der Waals surface area contributed by atoms with E-state index in [9.17, 15) is 9.59 Å². The van der Waals surface area contributed by atoms with Gasteiger partial charge >= 0.3 is 5.97 Å². The maximum atomic E-state index is 9.96. The maximum absolute atomic E-state index is 9.96. The standard InChI is InChI=1S/2C5H12.C4H8O2.C3H6O.C2H6O.6C2H6/c2*1-5(2,3)4;1-3-4(5)6-2;1-3(2)4;1-3-2;6*1-2/h2*1-4H3;3H2,1-2H3;1-2H3;1-2H3;6*1-2H3. The zero-order valence-electron chi connectivity index (χ0n) is 30.3. The molecule has 0 N–H and O–H groups in total. The number of ether oxygens (including phenoxy) is 2. The number of ketones is 1. The molecule has 0 amide bonds. The Morgan fingerprint density at radius 3 is 0.600 bits per heavy atom. The molecule has 0 saturated carbocycles. The summed E-state index contributed by atoms with van der Waals surface area (Å²) in [6, 6.07) is 0. The summed E-state index contributed by atoms with van der Waals surface area (Å²) in [6.07, 6.45) is 0.469. The molecule has 4 heteroatoms. The minimum atomic E-state index is -0.157. The minimum Gasteiger partial charge on any atom is -0.469 e. The Morgan fingerprint density at radius 2 is 0.600 bits per heavy atom. The predicted octanol–water partition coefficient (Wildman–Crippen LogP) is 11.7. The van der Waals surface area contributed by atoms with E-state index in [1.165, 1.54) is 21.0 Å². The van der Waals surface area contributed by atoms with Crippen LogP contribution >= 0.6 is 0 Å². The Hall–Kier alpha value is -0.900. The van der Waals surface area contributed by atoms with E-state index in [4.69, 9.17) is 0 Å². The predicted molar refractivity (Wildman–Crippen MR) is 170 cm³/mol. The molecule has 0 saturated heterocycles. The fourth-order valence-electron chi connectivity index (χ4n) is 0.144. The topological polar surface area (TPSA) is 52.6 Å². The van der Waals surface area contributed by atoms with Crippen LogP contribution in [-0.2, 0) is 19.1 Å². The zero-order valence-corrected chi connectivity index (χ0v) is 30.3. The second kappa shape index (κ2) is 84.4. The molecule has 4 nitrogen and oxygen atoms in total. The van der Waals surface area contributed by atoms with Crippen LogP contribution in [0, 0.1) is 10.8 Å². The highest BCUT2D eigenvalue weighted by molar-refractivity contribution is 5.72. The molecule has 0 atom stereocenters. The van der Waals surface area contributed by atoms with Crippen molar-refractivity contribution in [3.8, 4) is 0 Å². The summed E-state index contributed by atoms with van der Waals surface area (Å²) < 4.78 is 8.51. The van der Waals surface area contributed by atoms with Gasteiger partial charge in [-0.1, -0.05) is 145 Å². The number of methoxy groups -OCH3 is 2. The summed E-state index contributed by atoms with van der Waals surface area (Å²) >= 11 is 0. The van der Waals surface area contributed by atoms with Gasteiger partial charge in [0.05, 0.1) is 7.11 Å². The second-order valence-electron chi connectivity index (χ2n) is 8.25. The van der Waals surface area contributed by atoms with Crippen molar-refractivity contribution in [1.29, 1.82) is 0 Å². The fraction of sp³-hybridized carbons (Fsp3) is 0.935. The molecule has 0 aliphatic rings. The van der Waals surface area contributed by atoms with Crippen molar-refractivity contribution in [2.75, 3.05) is 21.3 Å². The first-order valence-corrected chi connectivity index (χ1v) is 13.9. The molecule has 35 heavy (non-hydrogen) atoms. The van der Waals surface area contributed by atoms with Crippen molar-refractivity contribution in [1.82, 2.24) is 0 Å². The molecule has 0 aromatic carbocycles. The van der Waals surface area contributed by atoms with Gasteiger partial charge in [0.15, 0.2) is 0 Å². The lowest BCUT2D eigenvalue weighted by atomic mass is 10.0. The number of esters is 1. The van der Waals surface area contributed by atoms with Gasteiger partial charge in [0, 0.05) is 20.6 Å². The lowest BCUT2D eigenvalue weighted by Gasteiger charge is -2.05. The summed E-state index contributed by atoms with van der Waals surface area (Å²) in [5.41, 5.74) is 1.00. The third-order valence-corrected chi connectivity index (χ3v) is 0.516. The SMILES string of the molecule is CC.CC.CC.CC.CC.CC.CC(C)(C)C.CC(C)(C)C.CC(C)=O.CCC(=O)OC.COC. The average molecular weight is 517 g/mol. The molecule has 0 fully saturated rings. The number of rotatable bonds is 1. The van der Waals surface area contributed by atoms with E-state index in [0.29, 0.717) is 17.3 Å². The van der Waals surface area contributed by atoms with Crippen LogP contribution in [0.1, 0.15) is 166 Å². The van der Waals surface area contributed by atoms with Gasteiger partial charge in [-0.3, -0.25) is 4.79 Å². The van der Waals surface area contributed by atoms with Crippen LogP contribution in [0.25, 0.3) is 0 Å². The van der Waals surface area contributed by atoms with E-state index in [1.54, 1.807) is 21.1 Å². The summed E-state index contributed by atoms with van der Waals surface area (Å²) in [6.45, 7) is 46.3. The van der Waals surface area contributed by atoms with E-state index in [1.807, 2.05) is 83.1 Å². The Labute approximate surface area is 228 Å². The van der Waals surface area contributed by atoms with Crippen LogP contribution in [0.2, 0.25) is 0 Å². The number of carbonyl (C=O) groups excluding carboxylic acids is 2. The van der Waals surface area contributed by atoms with Gasteiger partial charge in [0.1, 0.15) is 5.78 Å². The highest BCUT2D eigenvalue weighted by Gasteiger charge is 1.96. The van der Waals surface area contributed by atoms with E-state index in [-0.39, 0.29) is 11.8 Å². The lowest BCUT2D eigenvalue weighted by molar-refractivity contribution is -0.140. The molecule has 0 aromatic rings. The molecule has 0 bridgehead atoms. The van der Waals surface area contributed by atoms with Crippen molar-refractivity contribution >= 4 is 11.8 Å². The Kier molecular flexibility index (Phi) is 169. The molecule has 0 unspecified atom stereocenters. The van der Waals surface area contributed by atoms with Crippen molar-refractivity contribution in [2.45, 2.75) is 166 Å². The molecule has 0 heterocycles.